The first-order valence-corrected chi connectivity index (χ1v) is 6.48. The van der Waals surface area contributed by atoms with E-state index in [1.807, 2.05) is 66.7 Å². The predicted molar refractivity (Wildman–Crippen MR) is 79.6 cm³/mol. The minimum Gasteiger partial charge on any atom is -0.388 e. The van der Waals surface area contributed by atoms with Gasteiger partial charge in [-0.05, 0) is 16.7 Å². The van der Waals surface area contributed by atoms with Crippen molar-refractivity contribution in [2.75, 3.05) is 6.54 Å². The monoisotopic (exact) mass is 253 g/mol. The van der Waals surface area contributed by atoms with Gasteiger partial charge in [-0.1, -0.05) is 66.7 Å². The van der Waals surface area contributed by atoms with Crippen molar-refractivity contribution in [1.29, 1.82) is 0 Å². The van der Waals surface area contributed by atoms with Gasteiger partial charge in [0.25, 0.3) is 0 Å². The van der Waals surface area contributed by atoms with Crippen molar-refractivity contribution in [2.45, 2.75) is 12.5 Å². The largest absolute Gasteiger partial charge is 0.388 e. The van der Waals surface area contributed by atoms with Crippen LogP contribution < -0.4 is 5.73 Å². The third-order valence-corrected chi connectivity index (χ3v) is 3.04. The summed E-state index contributed by atoms with van der Waals surface area (Å²) in [5.41, 5.74) is 8.59. The molecule has 0 amide bonds. The lowest BCUT2D eigenvalue weighted by Crippen LogP contribution is -2.01. The summed E-state index contributed by atoms with van der Waals surface area (Å²) < 4.78 is 0. The molecule has 2 rings (SSSR count). The van der Waals surface area contributed by atoms with Gasteiger partial charge in [-0.2, -0.15) is 0 Å². The Bertz CT molecular complexity index is 517. The minimum absolute atomic E-state index is 0.463. The van der Waals surface area contributed by atoms with Crippen LogP contribution in [0.15, 0.2) is 60.7 Å². The van der Waals surface area contributed by atoms with Crippen LogP contribution in [0.4, 0.5) is 0 Å². The van der Waals surface area contributed by atoms with Gasteiger partial charge in [-0.15, -0.1) is 0 Å². The molecule has 0 radical (unpaired) electrons. The van der Waals surface area contributed by atoms with Crippen LogP contribution in [0.5, 0.6) is 0 Å². The minimum atomic E-state index is -0.463. The van der Waals surface area contributed by atoms with E-state index in [2.05, 4.69) is 0 Å². The number of hydrogen-bond donors (Lipinski definition) is 2. The molecule has 0 aliphatic heterocycles. The van der Waals surface area contributed by atoms with Gasteiger partial charge in [0.2, 0.25) is 0 Å². The SMILES string of the molecule is NCC=Cc1ccc(C(O)Cc2ccccc2)cc1. The van der Waals surface area contributed by atoms with E-state index in [4.69, 9.17) is 5.73 Å². The molecule has 0 aliphatic rings. The quantitative estimate of drug-likeness (QED) is 0.860. The third-order valence-electron chi connectivity index (χ3n) is 3.04. The van der Waals surface area contributed by atoms with Crippen LogP contribution >= 0.6 is 0 Å². The van der Waals surface area contributed by atoms with Gasteiger partial charge in [0.05, 0.1) is 6.10 Å². The maximum Gasteiger partial charge on any atom is 0.0830 e. The smallest absolute Gasteiger partial charge is 0.0830 e. The number of rotatable bonds is 5. The van der Waals surface area contributed by atoms with Gasteiger partial charge in [0, 0.05) is 13.0 Å². The summed E-state index contributed by atoms with van der Waals surface area (Å²) >= 11 is 0. The molecule has 0 spiro atoms. The maximum atomic E-state index is 10.2. The van der Waals surface area contributed by atoms with Crippen molar-refractivity contribution in [3.63, 3.8) is 0 Å². The second-order valence-corrected chi connectivity index (χ2v) is 4.51. The van der Waals surface area contributed by atoms with Crippen molar-refractivity contribution in [2.24, 2.45) is 5.73 Å². The van der Waals surface area contributed by atoms with Crippen LogP contribution in [0.3, 0.4) is 0 Å². The average Bonchev–Trinajstić information content (AvgIpc) is 2.46. The molecule has 3 N–H and O–H groups in total. The normalized spacial score (nSPS) is 12.7. The van der Waals surface area contributed by atoms with E-state index >= 15 is 0 Å². The van der Waals surface area contributed by atoms with E-state index < -0.39 is 6.10 Å². The van der Waals surface area contributed by atoms with Gasteiger partial charge in [-0.3, -0.25) is 0 Å². The highest BCUT2D eigenvalue weighted by Crippen LogP contribution is 2.19. The summed E-state index contributed by atoms with van der Waals surface area (Å²) in [6.45, 7) is 0.540. The molecule has 0 fully saturated rings. The van der Waals surface area contributed by atoms with Crippen molar-refractivity contribution in [3.05, 3.63) is 77.4 Å². The Hall–Kier alpha value is -1.90. The molecular weight excluding hydrogens is 234 g/mol. The standard InChI is InChI=1S/C17H19NO/c18-12-4-7-14-8-10-16(11-9-14)17(19)13-15-5-2-1-3-6-15/h1-11,17,19H,12-13,18H2. The molecule has 98 valence electrons. The third kappa shape index (κ3) is 4.05. The summed E-state index contributed by atoms with van der Waals surface area (Å²) in [6.07, 6.45) is 4.07. The maximum absolute atomic E-state index is 10.2. The van der Waals surface area contributed by atoms with Gasteiger partial charge >= 0.3 is 0 Å². The summed E-state index contributed by atoms with van der Waals surface area (Å²) in [4.78, 5) is 0. The summed E-state index contributed by atoms with van der Waals surface area (Å²) in [7, 11) is 0. The van der Waals surface area contributed by atoms with E-state index in [1.165, 1.54) is 0 Å². The number of nitrogens with two attached hydrogens (primary N) is 1. The van der Waals surface area contributed by atoms with Crippen LogP contribution in [-0.4, -0.2) is 11.7 Å². The van der Waals surface area contributed by atoms with Crippen LogP contribution in [-0.2, 0) is 6.42 Å². The molecule has 2 aromatic rings. The lowest BCUT2D eigenvalue weighted by atomic mass is 10.0. The Labute approximate surface area is 114 Å². The van der Waals surface area contributed by atoms with E-state index in [-0.39, 0.29) is 0 Å². The molecule has 0 saturated carbocycles. The number of aliphatic hydroxyl groups excluding tert-OH is 1. The van der Waals surface area contributed by atoms with Crippen molar-refractivity contribution in [3.8, 4) is 0 Å². The number of hydrogen-bond acceptors (Lipinski definition) is 2. The molecular formula is C17H19NO. The zero-order valence-electron chi connectivity index (χ0n) is 10.9. The summed E-state index contributed by atoms with van der Waals surface area (Å²) in [5.74, 6) is 0. The topological polar surface area (TPSA) is 46.2 Å². The van der Waals surface area contributed by atoms with Gasteiger partial charge in [0.15, 0.2) is 0 Å². The van der Waals surface area contributed by atoms with E-state index in [1.54, 1.807) is 0 Å². The molecule has 19 heavy (non-hydrogen) atoms. The van der Waals surface area contributed by atoms with Crippen molar-refractivity contribution < 1.29 is 5.11 Å². The summed E-state index contributed by atoms with van der Waals surface area (Å²) in [5, 5.41) is 10.2. The van der Waals surface area contributed by atoms with E-state index in [9.17, 15) is 5.11 Å². The van der Waals surface area contributed by atoms with Crippen LogP contribution in [0.1, 0.15) is 22.8 Å². The van der Waals surface area contributed by atoms with Gasteiger partial charge in [0.1, 0.15) is 0 Å². The zero-order chi connectivity index (χ0) is 13.5. The second kappa shape index (κ2) is 6.88. The lowest BCUT2D eigenvalue weighted by molar-refractivity contribution is 0.178. The van der Waals surface area contributed by atoms with Crippen molar-refractivity contribution >= 4 is 6.08 Å². The molecule has 1 atom stereocenters. The highest BCUT2D eigenvalue weighted by atomic mass is 16.3. The molecule has 0 saturated heterocycles. The van der Waals surface area contributed by atoms with Crippen LogP contribution in [0, 0.1) is 0 Å². The van der Waals surface area contributed by atoms with Crippen molar-refractivity contribution in [1.82, 2.24) is 0 Å². The number of aliphatic hydroxyl groups is 1. The molecule has 2 nitrogen and oxygen atoms in total. The fourth-order valence-electron chi connectivity index (χ4n) is 1.99. The molecule has 0 heterocycles. The highest BCUT2D eigenvalue weighted by molar-refractivity contribution is 5.50. The first kappa shape index (κ1) is 13.5. The first-order chi connectivity index (χ1) is 9.29. The molecule has 2 aromatic carbocycles. The number of benzene rings is 2. The van der Waals surface area contributed by atoms with Crippen LogP contribution in [0.25, 0.3) is 6.08 Å². The van der Waals surface area contributed by atoms with Gasteiger partial charge in [-0.25, -0.2) is 0 Å². The Morgan fingerprint density at radius 1 is 1.00 bits per heavy atom. The average molecular weight is 253 g/mol. The van der Waals surface area contributed by atoms with Crippen LogP contribution in [0.2, 0.25) is 0 Å². The molecule has 0 bridgehead atoms. The molecule has 1 unspecified atom stereocenters. The Balaban J connectivity index is 2.03. The van der Waals surface area contributed by atoms with E-state index in [0.717, 1.165) is 16.7 Å². The van der Waals surface area contributed by atoms with E-state index in [0.29, 0.717) is 13.0 Å². The molecule has 2 heteroatoms. The Morgan fingerprint density at radius 3 is 2.32 bits per heavy atom. The highest BCUT2D eigenvalue weighted by Gasteiger charge is 2.07. The Kier molecular flexibility index (Phi) is 4.90. The molecule has 0 aromatic heterocycles. The first-order valence-electron chi connectivity index (χ1n) is 6.48. The fraction of sp³-hybridized carbons (Fsp3) is 0.176. The predicted octanol–water partition coefficient (Wildman–Crippen LogP) is 2.93. The lowest BCUT2D eigenvalue weighted by Gasteiger charge is -2.11. The van der Waals surface area contributed by atoms with Gasteiger partial charge < -0.3 is 10.8 Å². The zero-order valence-corrected chi connectivity index (χ0v) is 10.9. The Morgan fingerprint density at radius 2 is 1.68 bits per heavy atom. The second-order valence-electron chi connectivity index (χ2n) is 4.51. The fourth-order valence-corrected chi connectivity index (χ4v) is 1.99. The molecule has 0 aliphatic carbocycles. The summed E-state index contributed by atoms with van der Waals surface area (Å²) in [6, 6.07) is 17.9.